The summed E-state index contributed by atoms with van der Waals surface area (Å²) in [4.78, 5) is 10.2. The maximum atomic E-state index is 10.2. The van der Waals surface area contributed by atoms with E-state index >= 15 is 0 Å². The van der Waals surface area contributed by atoms with Gasteiger partial charge in [-0.2, -0.15) is 0 Å². The first kappa shape index (κ1) is 8.02. The highest BCUT2D eigenvalue weighted by atomic mass is 35.5. The third kappa shape index (κ3) is 2.67. The summed E-state index contributed by atoms with van der Waals surface area (Å²) in [6, 6.07) is 0. The van der Waals surface area contributed by atoms with Crippen molar-refractivity contribution in [2.45, 2.75) is 31.8 Å². The Hall–Kier alpha value is -0.0800. The van der Waals surface area contributed by atoms with E-state index in [1.54, 1.807) is 0 Å². The van der Waals surface area contributed by atoms with Crippen LogP contribution in [-0.2, 0) is 9.53 Å². The number of hydrogen-bond acceptors (Lipinski definition) is 2. The lowest BCUT2D eigenvalue weighted by Gasteiger charge is -2.07. The Morgan fingerprint density at radius 1 is 1.50 bits per heavy atom. The Morgan fingerprint density at radius 3 is 2.60 bits per heavy atom. The predicted octanol–water partition coefficient (Wildman–Crippen LogP) is 1.71. The molecule has 0 saturated heterocycles. The quantitative estimate of drug-likeness (QED) is 0.591. The largest absolute Gasteiger partial charge is 0.369 e. The van der Waals surface area contributed by atoms with Crippen LogP contribution in [0.5, 0.6) is 0 Å². The van der Waals surface area contributed by atoms with E-state index in [-0.39, 0.29) is 6.61 Å². The van der Waals surface area contributed by atoms with Crippen molar-refractivity contribution in [1.82, 2.24) is 0 Å². The van der Waals surface area contributed by atoms with E-state index in [4.69, 9.17) is 16.3 Å². The minimum atomic E-state index is -0.396. The van der Waals surface area contributed by atoms with Gasteiger partial charge in [0.25, 0.3) is 0 Å². The number of ether oxygens (including phenoxy) is 1. The zero-order valence-electron chi connectivity index (χ0n) is 5.81. The lowest BCUT2D eigenvalue weighted by molar-refractivity contribution is -0.117. The van der Waals surface area contributed by atoms with E-state index in [2.05, 4.69) is 0 Å². The maximum absolute atomic E-state index is 10.2. The van der Waals surface area contributed by atoms with Crippen LogP contribution in [0.3, 0.4) is 0 Å². The summed E-state index contributed by atoms with van der Waals surface area (Å²) in [6.07, 6.45) is 4.92. The van der Waals surface area contributed by atoms with Crippen LogP contribution >= 0.6 is 11.6 Å². The Morgan fingerprint density at radius 2 is 2.10 bits per heavy atom. The van der Waals surface area contributed by atoms with Crippen LogP contribution in [0.4, 0.5) is 0 Å². The zero-order chi connectivity index (χ0) is 7.40. The summed E-state index contributed by atoms with van der Waals surface area (Å²) >= 11 is 5.09. The van der Waals surface area contributed by atoms with E-state index in [1.165, 1.54) is 12.8 Å². The summed E-state index contributed by atoms with van der Waals surface area (Å²) in [5, 5.41) is -0.396. The minimum absolute atomic E-state index is 0.0756. The van der Waals surface area contributed by atoms with Crippen molar-refractivity contribution in [3.8, 4) is 0 Å². The molecule has 0 spiro atoms. The maximum Gasteiger partial charge on any atom is 0.247 e. The van der Waals surface area contributed by atoms with Crippen molar-refractivity contribution in [3.05, 3.63) is 0 Å². The van der Waals surface area contributed by atoms with Gasteiger partial charge < -0.3 is 4.74 Å². The fraction of sp³-hybridized carbons (Fsp3) is 0.857. The number of carbonyl (C=O) groups is 1. The van der Waals surface area contributed by atoms with Gasteiger partial charge in [0.15, 0.2) is 0 Å². The Labute approximate surface area is 65.5 Å². The molecule has 0 atom stereocenters. The van der Waals surface area contributed by atoms with Gasteiger partial charge >= 0.3 is 0 Å². The fourth-order valence-electron chi connectivity index (χ4n) is 1.24. The molecule has 0 aromatic carbocycles. The van der Waals surface area contributed by atoms with Gasteiger partial charge in [0.05, 0.1) is 6.10 Å². The van der Waals surface area contributed by atoms with E-state index in [1.807, 2.05) is 0 Å². The normalized spacial score (nSPS) is 19.7. The van der Waals surface area contributed by atoms with Gasteiger partial charge in [-0.15, -0.1) is 0 Å². The molecule has 0 N–H and O–H groups in total. The van der Waals surface area contributed by atoms with Crippen molar-refractivity contribution in [2.75, 3.05) is 6.61 Å². The highest BCUT2D eigenvalue weighted by Gasteiger charge is 2.15. The van der Waals surface area contributed by atoms with Crippen molar-refractivity contribution in [3.63, 3.8) is 0 Å². The standard InChI is InChI=1S/C7H11ClO2/c8-7(9)5-10-6-3-1-2-4-6/h6H,1-5H2. The van der Waals surface area contributed by atoms with E-state index in [0.29, 0.717) is 6.10 Å². The second-order valence-electron chi connectivity index (χ2n) is 2.57. The smallest absolute Gasteiger partial charge is 0.247 e. The summed E-state index contributed by atoms with van der Waals surface area (Å²) in [6.45, 7) is 0.0756. The third-order valence-electron chi connectivity index (χ3n) is 1.73. The van der Waals surface area contributed by atoms with Crippen LogP contribution in [-0.4, -0.2) is 18.0 Å². The first-order valence-corrected chi connectivity index (χ1v) is 3.97. The van der Waals surface area contributed by atoms with Gasteiger partial charge in [0, 0.05) is 0 Å². The highest BCUT2D eigenvalue weighted by molar-refractivity contribution is 6.63. The molecule has 0 radical (unpaired) electrons. The molecule has 1 aliphatic carbocycles. The van der Waals surface area contributed by atoms with Crippen LogP contribution in [0, 0.1) is 0 Å². The average molecular weight is 163 g/mol. The topological polar surface area (TPSA) is 26.3 Å². The summed E-state index contributed by atoms with van der Waals surface area (Å²) < 4.78 is 5.18. The molecule has 0 heterocycles. The van der Waals surface area contributed by atoms with Gasteiger partial charge in [0.2, 0.25) is 5.24 Å². The average Bonchev–Trinajstić information content (AvgIpc) is 2.34. The first-order valence-electron chi connectivity index (χ1n) is 3.59. The third-order valence-corrected chi connectivity index (χ3v) is 1.84. The van der Waals surface area contributed by atoms with Crippen molar-refractivity contribution in [2.24, 2.45) is 0 Å². The van der Waals surface area contributed by atoms with Crippen LogP contribution < -0.4 is 0 Å². The van der Waals surface area contributed by atoms with Crippen molar-refractivity contribution < 1.29 is 9.53 Å². The van der Waals surface area contributed by atoms with Crippen LogP contribution in [0.25, 0.3) is 0 Å². The van der Waals surface area contributed by atoms with Crippen molar-refractivity contribution in [1.29, 1.82) is 0 Å². The van der Waals surface area contributed by atoms with Crippen LogP contribution in [0.15, 0.2) is 0 Å². The zero-order valence-corrected chi connectivity index (χ0v) is 6.56. The monoisotopic (exact) mass is 162 g/mol. The van der Waals surface area contributed by atoms with Crippen molar-refractivity contribution >= 4 is 16.8 Å². The van der Waals surface area contributed by atoms with Gasteiger partial charge in [0.1, 0.15) is 6.61 Å². The number of rotatable bonds is 3. The van der Waals surface area contributed by atoms with E-state index in [0.717, 1.165) is 12.8 Å². The molecule has 0 aromatic heterocycles. The Bertz CT molecular complexity index is 119. The van der Waals surface area contributed by atoms with E-state index in [9.17, 15) is 4.79 Å². The molecule has 1 saturated carbocycles. The summed E-state index contributed by atoms with van der Waals surface area (Å²) in [5.74, 6) is 0. The molecule has 0 aliphatic heterocycles. The fourth-order valence-corrected chi connectivity index (χ4v) is 1.30. The number of carbonyl (C=O) groups excluding carboxylic acids is 1. The van der Waals surface area contributed by atoms with E-state index < -0.39 is 5.24 Å². The molecule has 1 fully saturated rings. The first-order chi connectivity index (χ1) is 4.79. The second-order valence-corrected chi connectivity index (χ2v) is 2.99. The highest BCUT2D eigenvalue weighted by Crippen LogP contribution is 2.20. The molecular weight excluding hydrogens is 152 g/mol. The molecular formula is C7H11ClO2. The summed E-state index contributed by atoms with van der Waals surface area (Å²) in [5.41, 5.74) is 0. The molecule has 1 aliphatic rings. The van der Waals surface area contributed by atoms with Crippen LogP contribution in [0.1, 0.15) is 25.7 Å². The summed E-state index contributed by atoms with van der Waals surface area (Å²) in [7, 11) is 0. The molecule has 0 amide bonds. The molecule has 0 bridgehead atoms. The van der Waals surface area contributed by atoms with Gasteiger partial charge in [-0.05, 0) is 24.4 Å². The molecule has 58 valence electrons. The molecule has 2 nitrogen and oxygen atoms in total. The lowest BCUT2D eigenvalue weighted by atomic mass is 10.3. The van der Waals surface area contributed by atoms with Gasteiger partial charge in [-0.25, -0.2) is 0 Å². The SMILES string of the molecule is O=C(Cl)COC1CCCC1. The lowest BCUT2D eigenvalue weighted by Crippen LogP contribution is -2.11. The number of hydrogen-bond donors (Lipinski definition) is 0. The Kier molecular flexibility index (Phi) is 3.16. The predicted molar refractivity (Wildman–Crippen MR) is 39.1 cm³/mol. The van der Waals surface area contributed by atoms with Crippen LogP contribution in [0.2, 0.25) is 0 Å². The second kappa shape index (κ2) is 3.94. The van der Waals surface area contributed by atoms with Gasteiger partial charge in [-0.3, -0.25) is 4.79 Å². The molecule has 0 unspecified atom stereocenters. The molecule has 10 heavy (non-hydrogen) atoms. The Balaban J connectivity index is 2.07. The number of halogens is 1. The molecule has 3 heteroatoms. The molecule has 0 aromatic rings. The minimum Gasteiger partial charge on any atom is -0.369 e. The van der Waals surface area contributed by atoms with Gasteiger partial charge in [-0.1, -0.05) is 12.8 Å². The molecule has 1 rings (SSSR count).